The van der Waals surface area contributed by atoms with Gasteiger partial charge in [-0.05, 0) is 155 Å². The molecule has 3 N–H and O–H groups in total. The number of hydrogen-bond donors (Lipinski definition) is 2. The van der Waals surface area contributed by atoms with Gasteiger partial charge in [0.2, 0.25) is 30.4 Å². The van der Waals surface area contributed by atoms with Crippen molar-refractivity contribution in [1.29, 1.82) is 0 Å². The first kappa shape index (κ1) is 68.9. The van der Waals surface area contributed by atoms with Crippen molar-refractivity contribution >= 4 is 130 Å². The third-order valence-corrected chi connectivity index (χ3v) is 10.7. The van der Waals surface area contributed by atoms with Crippen LogP contribution in [0.15, 0.2) is 178 Å². The second-order valence-corrected chi connectivity index (χ2v) is 17.9. The molecule has 384 valence electrons. The lowest BCUT2D eigenvalue weighted by atomic mass is 10.1. The molecule has 0 saturated carbocycles. The van der Waals surface area contributed by atoms with E-state index in [1.165, 1.54) is 18.2 Å². The van der Waals surface area contributed by atoms with Crippen LogP contribution in [-0.4, -0.2) is 49.5 Å². The number of hydrogen-bond acceptors (Lipinski definition) is 11. The van der Waals surface area contributed by atoms with E-state index in [0.717, 1.165) is 57.7 Å². The number of primary amides is 1. The summed E-state index contributed by atoms with van der Waals surface area (Å²) in [6.07, 6.45) is 8.40. The maximum absolute atomic E-state index is 10.1. The lowest BCUT2D eigenvalue weighted by Crippen LogP contribution is -2.28. The Hall–Kier alpha value is -6.20. The second-order valence-electron chi connectivity index (χ2n) is 13.9. The summed E-state index contributed by atoms with van der Waals surface area (Å²) in [6, 6.07) is 42.6. The number of aliphatic imine (C=N–C) groups is 5. The topological polar surface area (TPSA) is 202 Å². The fraction of sp³-hybridized carbons (Fsp3) is 0.222. The molecule has 0 saturated heterocycles. The number of rotatable bonds is 9. The third-order valence-electron chi connectivity index (χ3n) is 8.44. The molecule has 6 aromatic rings. The van der Waals surface area contributed by atoms with Gasteiger partial charge < -0.3 is 11.1 Å². The Morgan fingerprint density at radius 1 is 0.562 bits per heavy atom. The molecule has 0 bridgehead atoms. The van der Waals surface area contributed by atoms with Crippen LogP contribution in [0.2, 0.25) is 15.1 Å². The van der Waals surface area contributed by atoms with Crippen molar-refractivity contribution in [3.05, 3.63) is 196 Å². The maximum atomic E-state index is 10.1. The number of nitrogens with two attached hydrogens (primary N) is 1. The van der Waals surface area contributed by atoms with E-state index in [2.05, 4.69) is 83.8 Å². The first-order valence-corrected chi connectivity index (χ1v) is 25.2. The van der Waals surface area contributed by atoms with Gasteiger partial charge in [0.25, 0.3) is 0 Å². The predicted octanol–water partition coefficient (Wildman–Crippen LogP) is 16.3. The van der Waals surface area contributed by atoms with Crippen molar-refractivity contribution < 1.29 is 28.8 Å². The molecule has 0 heterocycles. The number of halogens is 6. The zero-order valence-electron chi connectivity index (χ0n) is 41.1. The van der Waals surface area contributed by atoms with Crippen LogP contribution in [-0.2, 0) is 30.4 Å². The van der Waals surface area contributed by atoms with Crippen molar-refractivity contribution in [2.45, 2.75) is 67.0 Å². The fourth-order valence-electron chi connectivity index (χ4n) is 4.98. The van der Waals surface area contributed by atoms with E-state index in [1.54, 1.807) is 37.3 Å². The minimum absolute atomic E-state index is 0.101. The van der Waals surface area contributed by atoms with E-state index in [-0.39, 0.29) is 12.1 Å². The summed E-state index contributed by atoms with van der Waals surface area (Å²) in [5, 5.41) is 4.62. The molecule has 2 unspecified atom stereocenters. The van der Waals surface area contributed by atoms with Crippen LogP contribution in [0.5, 0.6) is 0 Å². The molecule has 2 atom stereocenters. The average molecular weight is 1240 g/mol. The van der Waals surface area contributed by atoms with Crippen LogP contribution in [0.4, 0.5) is 16.2 Å². The molecule has 0 aliphatic heterocycles. The number of carbonyl (C=O) groups excluding carboxylic acids is 6. The lowest BCUT2D eigenvalue weighted by molar-refractivity contribution is 0.249. The van der Waals surface area contributed by atoms with Crippen LogP contribution >= 0.6 is 82.6 Å². The minimum atomic E-state index is -0.461. The molecule has 0 aliphatic rings. The first-order chi connectivity index (χ1) is 34.9. The van der Waals surface area contributed by atoms with Crippen LogP contribution in [0.1, 0.15) is 74.5 Å². The Labute approximate surface area is 467 Å². The summed E-state index contributed by atoms with van der Waals surface area (Å²) >= 11 is 26.8. The zero-order chi connectivity index (χ0) is 55.4. The number of aryl methyl sites for hydroxylation is 3. The molecule has 13 nitrogen and oxygen atoms in total. The van der Waals surface area contributed by atoms with Crippen molar-refractivity contribution in [2.75, 3.05) is 13.1 Å². The van der Waals surface area contributed by atoms with Gasteiger partial charge in [0.1, 0.15) is 0 Å². The predicted molar refractivity (Wildman–Crippen MR) is 306 cm³/mol. The van der Waals surface area contributed by atoms with Gasteiger partial charge in [-0.2, -0.15) is 20.0 Å². The molecular formula is C54H55Br3Cl3N7O6. The van der Waals surface area contributed by atoms with Gasteiger partial charge in [-0.15, -0.1) is 0 Å². The normalized spacial score (nSPS) is 9.60. The summed E-state index contributed by atoms with van der Waals surface area (Å²) < 4.78 is 3.03. The molecule has 0 spiro atoms. The lowest BCUT2D eigenvalue weighted by Gasteiger charge is -2.02. The monoisotopic (exact) mass is 1240 g/mol. The van der Waals surface area contributed by atoms with E-state index >= 15 is 0 Å². The van der Waals surface area contributed by atoms with Crippen LogP contribution in [0.25, 0.3) is 0 Å². The highest BCUT2D eigenvalue weighted by Gasteiger charge is 2.04. The summed E-state index contributed by atoms with van der Waals surface area (Å²) in [6.45, 7) is 14.3. The van der Waals surface area contributed by atoms with Gasteiger partial charge in [-0.3, -0.25) is 0 Å². The van der Waals surface area contributed by atoms with Crippen molar-refractivity contribution in [1.82, 2.24) is 5.32 Å². The van der Waals surface area contributed by atoms with Gasteiger partial charge in [0.15, 0.2) is 0 Å². The Balaban J connectivity index is 0. The molecule has 19 heteroatoms. The van der Waals surface area contributed by atoms with Gasteiger partial charge in [-0.25, -0.2) is 33.8 Å². The molecule has 73 heavy (non-hydrogen) atoms. The van der Waals surface area contributed by atoms with Crippen molar-refractivity contribution in [2.24, 2.45) is 30.7 Å². The highest BCUT2D eigenvalue weighted by atomic mass is 79.9. The number of nitrogens with zero attached hydrogens (tertiary/aromatic N) is 5. The molecule has 0 radical (unpaired) electrons. The zero-order valence-corrected chi connectivity index (χ0v) is 48.1. The molecule has 0 fully saturated rings. The van der Waals surface area contributed by atoms with Gasteiger partial charge in [-0.1, -0.05) is 150 Å². The Morgan fingerprint density at radius 2 is 0.986 bits per heavy atom. The number of carbonyl (C=O) groups is 1. The van der Waals surface area contributed by atoms with Gasteiger partial charge >= 0.3 is 6.03 Å². The van der Waals surface area contributed by atoms with Gasteiger partial charge in [0.05, 0.1) is 23.5 Å². The quantitative estimate of drug-likeness (QED) is 0.106. The number of isocyanates is 5. The third kappa shape index (κ3) is 36.4. The number of nitrogens with one attached hydrogen (secondary N) is 1. The maximum Gasteiger partial charge on any atom is 0.312 e. The summed E-state index contributed by atoms with van der Waals surface area (Å²) in [4.78, 5) is 76.4. The molecule has 0 aromatic heterocycles. The van der Waals surface area contributed by atoms with E-state index in [0.29, 0.717) is 29.5 Å². The molecule has 6 aromatic carbocycles. The smallest absolute Gasteiger partial charge is 0.312 e. The molecule has 6 rings (SSSR count). The van der Waals surface area contributed by atoms with Crippen LogP contribution < -0.4 is 11.1 Å². The van der Waals surface area contributed by atoms with E-state index in [9.17, 15) is 24.0 Å². The average Bonchev–Trinajstić information content (AvgIpc) is 3.36. The number of amides is 2. The van der Waals surface area contributed by atoms with E-state index in [1.807, 2.05) is 163 Å². The van der Waals surface area contributed by atoms with Crippen molar-refractivity contribution in [3.63, 3.8) is 0 Å². The minimum Gasteiger partial charge on any atom is -0.352 e. The van der Waals surface area contributed by atoms with Crippen LogP contribution in [0, 0.1) is 13.8 Å². The van der Waals surface area contributed by atoms with E-state index < -0.39 is 6.03 Å². The SMILES string of the molecule is CC(N=C=O)c1ccc(Br)cc1.CC(N=C=O)c1ccc(Cl)cc1.CCN=C=O.CCNC(N)=O.CCc1cc(Br)ccc1N=C=O.Cc1cc(Br)cc(C)c1N=C=O.Clc1ccccc1.Clc1ccccc1. The fourth-order valence-corrected chi connectivity index (χ4v) is 6.75. The highest BCUT2D eigenvalue weighted by molar-refractivity contribution is 9.11. The van der Waals surface area contributed by atoms with Crippen LogP contribution in [0.3, 0.4) is 0 Å². The molecule has 2 amide bonds. The largest absolute Gasteiger partial charge is 0.352 e. The van der Waals surface area contributed by atoms with Crippen molar-refractivity contribution in [3.8, 4) is 0 Å². The Bertz CT molecular complexity index is 2620. The van der Waals surface area contributed by atoms with Gasteiger partial charge in [0, 0.05) is 41.6 Å². The number of urea groups is 1. The Morgan fingerprint density at radius 3 is 1.30 bits per heavy atom. The summed E-state index contributed by atoms with van der Waals surface area (Å²) in [5.41, 5.74) is 11.1. The molecular weight excluding hydrogens is 1190 g/mol. The summed E-state index contributed by atoms with van der Waals surface area (Å²) in [5.74, 6) is 0. The Kier molecular flexibility index (Phi) is 42.0. The van der Waals surface area contributed by atoms with E-state index in [4.69, 9.17) is 39.6 Å². The standard InChI is InChI=1S/3C9H8BrNO.C9H8ClNO.2C6H5Cl.C3H8N2O.C3H5NO/c1-6-3-8(10)4-7(2)9(6)11-5-12;1-7(11-6-12)8-2-4-9(10)5-3-8;1-2-7-5-8(10)3-4-9(7)11-6-12;1-7(11-6-12)8-2-4-9(10)5-3-8;2*7-6-4-2-1-3-5-6;1-2-5-3(4)6;1-2-4-3-5/h3-4H,1-2H3;2-5,7H,1H3;3-5H,2H2,1H3;2-5,7H,1H3;2*1-5H;2H2,1H3,(H3,4,5,6);2H2,1H3. The summed E-state index contributed by atoms with van der Waals surface area (Å²) in [7, 11) is 0. The molecule has 0 aliphatic carbocycles. The first-order valence-electron chi connectivity index (χ1n) is 21.7. The second kappa shape index (κ2) is 44.5. The number of benzene rings is 6. The highest BCUT2D eigenvalue weighted by Crippen LogP contribution is 2.27.